The van der Waals surface area contributed by atoms with Gasteiger partial charge in [-0.1, -0.05) is 30.8 Å². The van der Waals surface area contributed by atoms with Crippen molar-refractivity contribution >= 4 is 16.9 Å². The molecule has 6 heteroatoms. The topological polar surface area (TPSA) is 47.0 Å². The Balaban J connectivity index is 1.75. The molecule has 1 saturated heterocycles. The van der Waals surface area contributed by atoms with Crippen LogP contribution in [0.1, 0.15) is 37.2 Å². The van der Waals surface area contributed by atoms with Gasteiger partial charge in [0, 0.05) is 18.0 Å². The first kappa shape index (κ1) is 17.2. The van der Waals surface area contributed by atoms with Crippen LogP contribution in [0.3, 0.4) is 0 Å². The summed E-state index contributed by atoms with van der Waals surface area (Å²) in [5, 5.41) is 1.66. The van der Waals surface area contributed by atoms with Gasteiger partial charge in [0.05, 0.1) is 25.5 Å². The summed E-state index contributed by atoms with van der Waals surface area (Å²) in [4.78, 5) is 12.0. The van der Waals surface area contributed by atoms with Gasteiger partial charge in [0.25, 0.3) is 0 Å². The molecule has 4 rings (SSSR count). The monoisotopic (exact) mass is 369 g/mol. The van der Waals surface area contributed by atoms with Crippen molar-refractivity contribution in [1.82, 2.24) is 9.88 Å². The number of fused-ring (bicyclic) bond motifs is 1. The lowest BCUT2D eigenvalue weighted by Crippen LogP contribution is -2.28. The van der Waals surface area contributed by atoms with Gasteiger partial charge < -0.3 is 14.4 Å². The fourth-order valence-corrected chi connectivity index (χ4v) is 4.71. The smallest absolute Gasteiger partial charge is 0.161 e. The third-order valence-electron chi connectivity index (χ3n) is 4.71. The Bertz CT molecular complexity index is 812. The summed E-state index contributed by atoms with van der Waals surface area (Å²) >= 11 is 1.85. The van der Waals surface area contributed by atoms with Crippen molar-refractivity contribution in [3.63, 3.8) is 0 Å². The molecule has 0 spiro atoms. The summed E-state index contributed by atoms with van der Waals surface area (Å²) in [6.45, 7) is 5.83. The Morgan fingerprint density at radius 3 is 2.85 bits per heavy atom. The van der Waals surface area contributed by atoms with Gasteiger partial charge in [0.15, 0.2) is 16.7 Å². The predicted octanol–water partition coefficient (Wildman–Crippen LogP) is 4.08. The van der Waals surface area contributed by atoms with E-state index in [2.05, 4.69) is 35.0 Å². The van der Waals surface area contributed by atoms with Crippen molar-refractivity contribution in [2.24, 2.45) is 4.99 Å². The van der Waals surface area contributed by atoms with E-state index in [9.17, 15) is 0 Å². The van der Waals surface area contributed by atoms with Crippen LogP contribution in [0.5, 0.6) is 11.5 Å². The standard InChI is InChI=1S/C20H23N3O2S/c1-4-25-16-9-8-14(11-17(16)24-3)19-18(15-7-5-6-10-21-15)22-20-23(19)12-13(2)26-20/h5-11,13,18-19H,4,12H2,1-3H3. The Labute approximate surface area is 158 Å². The van der Waals surface area contributed by atoms with Crippen molar-refractivity contribution in [2.45, 2.75) is 31.2 Å². The number of thioether (sulfide) groups is 1. The lowest BCUT2D eigenvalue weighted by atomic mass is 9.96. The van der Waals surface area contributed by atoms with Gasteiger partial charge in [-0.25, -0.2) is 0 Å². The highest BCUT2D eigenvalue weighted by atomic mass is 32.2. The number of pyridine rings is 1. The molecule has 3 atom stereocenters. The summed E-state index contributed by atoms with van der Waals surface area (Å²) in [7, 11) is 1.68. The van der Waals surface area contributed by atoms with E-state index in [0.29, 0.717) is 11.9 Å². The maximum Gasteiger partial charge on any atom is 0.161 e. The predicted molar refractivity (Wildman–Crippen MR) is 105 cm³/mol. The van der Waals surface area contributed by atoms with Gasteiger partial charge in [-0.2, -0.15) is 0 Å². The number of rotatable bonds is 5. The summed E-state index contributed by atoms with van der Waals surface area (Å²) < 4.78 is 11.2. The van der Waals surface area contributed by atoms with Gasteiger partial charge in [-0.3, -0.25) is 9.98 Å². The number of hydrogen-bond acceptors (Lipinski definition) is 6. The van der Waals surface area contributed by atoms with E-state index in [-0.39, 0.29) is 12.1 Å². The van der Waals surface area contributed by atoms with E-state index < -0.39 is 0 Å². The molecule has 0 amide bonds. The maximum atomic E-state index is 5.68. The molecule has 136 valence electrons. The molecule has 3 unspecified atom stereocenters. The highest BCUT2D eigenvalue weighted by Gasteiger charge is 2.43. The molecule has 0 N–H and O–H groups in total. The van der Waals surface area contributed by atoms with Crippen LogP contribution in [0.15, 0.2) is 47.6 Å². The second-order valence-corrected chi connectivity index (χ2v) is 7.89. The molecule has 1 aromatic heterocycles. The van der Waals surface area contributed by atoms with Gasteiger partial charge in [-0.05, 0) is 36.8 Å². The highest BCUT2D eigenvalue weighted by molar-refractivity contribution is 8.14. The van der Waals surface area contributed by atoms with Crippen molar-refractivity contribution in [3.8, 4) is 11.5 Å². The van der Waals surface area contributed by atoms with Gasteiger partial charge >= 0.3 is 0 Å². The minimum atomic E-state index is -0.00569. The molecular weight excluding hydrogens is 346 g/mol. The van der Waals surface area contributed by atoms with E-state index in [1.165, 1.54) is 5.56 Å². The third kappa shape index (κ3) is 3.03. The molecule has 2 aliphatic heterocycles. The Hall–Kier alpha value is -2.21. The van der Waals surface area contributed by atoms with Crippen LogP contribution in [-0.2, 0) is 0 Å². The van der Waals surface area contributed by atoms with Crippen LogP contribution >= 0.6 is 11.8 Å². The lowest BCUT2D eigenvalue weighted by Gasteiger charge is -2.28. The highest BCUT2D eigenvalue weighted by Crippen LogP contribution is 2.48. The zero-order chi connectivity index (χ0) is 18.1. The van der Waals surface area contributed by atoms with Crippen molar-refractivity contribution in [1.29, 1.82) is 0 Å². The fraction of sp³-hybridized carbons (Fsp3) is 0.400. The largest absolute Gasteiger partial charge is 0.493 e. The minimum absolute atomic E-state index is 0.00569. The molecular formula is C20H23N3O2S. The first-order chi connectivity index (χ1) is 12.7. The zero-order valence-corrected chi connectivity index (χ0v) is 16.1. The van der Waals surface area contributed by atoms with Crippen molar-refractivity contribution in [3.05, 3.63) is 53.9 Å². The van der Waals surface area contributed by atoms with Gasteiger partial charge in [0.2, 0.25) is 0 Å². The number of amidine groups is 1. The lowest BCUT2D eigenvalue weighted by molar-refractivity contribution is 0.304. The molecule has 0 aliphatic carbocycles. The first-order valence-corrected chi connectivity index (χ1v) is 9.82. The normalized spacial score (nSPS) is 24.3. The fourth-order valence-electron chi connectivity index (χ4n) is 3.62. The molecule has 1 aromatic carbocycles. The van der Waals surface area contributed by atoms with Crippen LogP contribution in [0.4, 0.5) is 0 Å². The molecule has 0 radical (unpaired) electrons. The molecule has 2 aromatic rings. The first-order valence-electron chi connectivity index (χ1n) is 8.94. The summed E-state index contributed by atoms with van der Waals surface area (Å²) in [6.07, 6.45) is 1.84. The number of ether oxygens (including phenoxy) is 2. The number of hydrogen-bond donors (Lipinski definition) is 0. The van der Waals surface area contributed by atoms with Crippen LogP contribution in [-0.4, -0.2) is 40.6 Å². The molecule has 0 bridgehead atoms. The van der Waals surface area contributed by atoms with E-state index in [1.807, 2.05) is 43.1 Å². The van der Waals surface area contributed by atoms with Crippen molar-refractivity contribution in [2.75, 3.05) is 20.3 Å². The number of methoxy groups -OCH3 is 1. The molecule has 26 heavy (non-hydrogen) atoms. The van der Waals surface area contributed by atoms with Crippen LogP contribution < -0.4 is 9.47 Å². The Kier molecular flexibility index (Phi) is 4.76. The van der Waals surface area contributed by atoms with Crippen molar-refractivity contribution < 1.29 is 9.47 Å². The SMILES string of the molecule is CCOc1ccc(C2C(c3ccccn3)N=C3SC(C)CN32)cc1OC. The number of aromatic nitrogens is 1. The summed E-state index contributed by atoms with van der Waals surface area (Å²) in [6, 6.07) is 12.4. The van der Waals surface area contributed by atoms with Gasteiger partial charge in [0.1, 0.15) is 6.04 Å². The third-order valence-corrected chi connectivity index (χ3v) is 5.81. The maximum absolute atomic E-state index is 5.68. The average Bonchev–Trinajstić information content (AvgIpc) is 3.19. The summed E-state index contributed by atoms with van der Waals surface area (Å²) in [5.74, 6) is 1.54. The average molecular weight is 369 g/mol. The molecule has 0 saturated carbocycles. The Morgan fingerprint density at radius 2 is 2.12 bits per heavy atom. The van der Waals surface area contributed by atoms with Crippen LogP contribution in [0.2, 0.25) is 0 Å². The van der Waals surface area contributed by atoms with E-state index in [0.717, 1.165) is 28.9 Å². The molecule has 5 nitrogen and oxygen atoms in total. The number of benzene rings is 1. The van der Waals surface area contributed by atoms with E-state index >= 15 is 0 Å². The summed E-state index contributed by atoms with van der Waals surface area (Å²) in [5.41, 5.74) is 2.18. The second-order valence-electron chi connectivity index (χ2n) is 6.48. The van der Waals surface area contributed by atoms with E-state index in [4.69, 9.17) is 14.5 Å². The second kappa shape index (κ2) is 7.19. The Morgan fingerprint density at radius 1 is 1.23 bits per heavy atom. The van der Waals surface area contributed by atoms with Crippen LogP contribution in [0.25, 0.3) is 0 Å². The zero-order valence-electron chi connectivity index (χ0n) is 15.3. The minimum Gasteiger partial charge on any atom is -0.493 e. The molecule has 2 aliphatic rings. The van der Waals surface area contributed by atoms with Crippen LogP contribution in [0, 0.1) is 0 Å². The quantitative estimate of drug-likeness (QED) is 0.795. The number of nitrogens with zero attached hydrogens (tertiary/aromatic N) is 3. The number of aliphatic imine (C=N–C) groups is 1. The molecule has 3 heterocycles. The van der Waals surface area contributed by atoms with Gasteiger partial charge in [-0.15, -0.1) is 0 Å². The van der Waals surface area contributed by atoms with E-state index in [1.54, 1.807) is 7.11 Å². The molecule has 1 fully saturated rings.